The van der Waals surface area contributed by atoms with E-state index >= 15 is 0 Å². The predicted octanol–water partition coefficient (Wildman–Crippen LogP) is 3.05. The molecule has 1 atom stereocenters. The normalized spacial score (nSPS) is 15.7. The topological polar surface area (TPSA) is 74.1 Å². The van der Waals surface area contributed by atoms with Crippen LogP contribution < -0.4 is 14.8 Å². The molecule has 2 aromatic carbocycles. The van der Waals surface area contributed by atoms with Gasteiger partial charge in [-0.05, 0) is 41.1 Å². The number of nitrogens with zero attached hydrogens (tertiary/aromatic N) is 4. The van der Waals surface area contributed by atoms with Crippen molar-refractivity contribution in [1.82, 2.24) is 20.2 Å². The van der Waals surface area contributed by atoms with Gasteiger partial charge in [-0.15, -0.1) is 0 Å². The van der Waals surface area contributed by atoms with E-state index in [1.54, 1.807) is 18.9 Å². The smallest absolute Gasteiger partial charge is 0.248 e. The number of hydrogen-bond donors (Lipinski definition) is 1. The molecule has 7 heteroatoms. The Balaban J connectivity index is 1.81. The number of anilines is 1. The summed E-state index contributed by atoms with van der Waals surface area (Å²) in [5.41, 5.74) is 4.12. The maximum atomic E-state index is 5.55. The predicted molar refractivity (Wildman–Crippen MR) is 98.3 cm³/mol. The minimum atomic E-state index is -0.108. The molecule has 7 nitrogen and oxygen atoms in total. The molecule has 2 heterocycles. The van der Waals surface area contributed by atoms with Gasteiger partial charge in [0.15, 0.2) is 0 Å². The summed E-state index contributed by atoms with van der Waals surface area (Å²) >= 11 is 0. The fourth-order valence-electron chi connectivity index (χ4n) is 3.03. The fraction of sp³-hybridized carbons (Fsp3) is 0.211. The van der Waals surface area contributed by atoms with Crippen LogP contribution in [0.2, 0.25) is 0 Å². The number of aromatic nitrogens is 4. The van der Waals surface area contributed by atoms with E-state index in [0.717, 1.165) is 22.6 Å². The zero-order chi connectivity index (χ0) is 18.1. The molecule has 1 unspecified atom stereocenters. The molecule has 3 aromatic rings. The number of hydrogen-bond acceptors (Lipinski definition) is 6. The number of tetrazole rings is 1. The summed E-state index contributed by atoms with van der Waals surface area (Å²) in [5, 5.41) is 15.3. The van der Waals surface area contributed by atoms with E-state index in [-0.39, 0.29) is 6.04 Å². The van der Waals surface area contributed by atoms with Crippen LogP contribution in [-0.2, 0) is 0 Å². The highest BCUT2D eigenvalue weighted by Crippen LogP contribution is 2.36. The lowest BCUT2D eigenvalue weighted by Gasteiger charge is -2.24. The zero-order valence-corrected chi connectivity index (χ0v) is 14.8. The van der Waals surface area contributed by atoms with Crippen molar-refractivity contribution in [3.05, 3.63) is 65.2 Å². The molecular formula is C19H19N5O2. The second kappa shape index (κ2) is 6.51. The van der Waals surface area contributed by atoms with Crippen molar-refractivity contribution in [1.29, 1.82) is 0 Å². The number of nitrogens with one attached hydrogen (secondary N) is 1. The fourth-order valence-corrected chi connectivity index (χ4v) is 3.03. The molecule has 1 aromatic heterocycles. The van der Waals surface area contributed by atoms with Gasteiger partial charge in [-0.3, -0.25) is 0 Å². The standard InChI is InChI=1S/C19H19N5O2/c1-12-4-6-13(7-5-12)17-11-16(20-19-21-22-23-24(17)19)15-9-8-14(25-2)10-18(15)26-3/h4-11,17H,1-3H3,(H,20,21,23). The minimum absolute atomic E-state index is 0.108. The second-order valence-electron chi connectivity index (χ2n) is 6.07. The molecule has 0 spiro atoms. The summed E-state index contributed by atoms with van der Waals surface area (Å²) < 4.78 is 12.6. The SMILES string of the molecule is COc1ccc(C2=CC(c3ccc(C)cc3)n3nnnc3N2)c(OC)c1. The molecule has 1 aliphatic rings. The molecule has 1 aliphatic heterocycles. The molecule has 132 valence electrons. The molecular weight excluding hydrogens is 330 g/mol. The van der Waals surface area contributed by atoms with Crippen LogP contribution in [0.3, 0.4) is 0 Å². The number of methoxy groups -OCH3 is 2. The van der Waals surface area contributed by atoms with E-state index in [1.807, 2.05) is 18.2 Å². The Morgan fingerprint density at radius 2 is 1.85 bits per heavy atom. The highest BCUT2D eigenvalue weighted by atomic mass is 16.5. The van der Waals surface area contributed by atoms with Crippen LogP contribution >= 0.6 is 0 Å². The van der Waals surface area contributed by atoms with E-state index in [2.05, 4.69) is 58.1 Å². The average Bonchev–Trinajstić information content (AvgIpc) is 3.16. The molecule has 0 radical (unpaired) electrons. The van der Waals surface area contributed by atoms with Crippen molar-refractivity contribution < 1.29 is 9.47 Å². The summed E-state index contributed by atoms with van der Waals surface area (Å²) in [6, 6.07) is 14.0. The molecule has 0 amide bonds. The maximum Gasteiger partial charge on any atom is 0.248 e. The van der Waals surface area contributed by atoms with Crippen LogP contribution in [0.15, 0.2) is 48.5 Å². The summed E-state index contributed by atoms with van der Waals surface area (Å²) in [4.78, 5) is 0. The van der Waals surface area contributed by atoms with Gasteiger partial charge in [-0.2, -0.15) is 4.68 Å². The van der Waals surface area contributed by atoms with Gasteiger partial charge >= 0.3 is 0 Å². The van der Waals surface area contributed by atoms with Crippen LogP contribution in [0.1, 0.15) is 22.7 Å². The summed E-state index contributed by atoms with van der Waals surface area (Å²) in [6.45, 7) is 2.07. The quantitative estimate of drug-likeness (QED) is 0.780. The van der Waals surface area contributed by atoms with Gasteiger partial charge in [0, 0.05) is 11.6 Å². The lowest BCUT2D eigenvalue weighted by Crippen LogP contribution is -2.20. The van der Waals surface area contributed by atoms with E-state index in [4.69, 9.17) is 9.47 Å². The van der Waals surface area contributed by atoms with E-state index < -0.39 is 0 Å². The molecule has 0 saturated heterocycles. The summed E-state index contributed by atoms with van der Waals surface area (Å²) in [7, 11) is 3.28. The van der Waals surface area contributed by atoms with Crippen molar-refractivity contribution in [2.24, 2.45) is 0 Å². The Hall–Kier alpha value is -3.35. The van der Waals surface area contributed by atoms with Crippen LogP contribution in [-0.4, -0.2) is 34.4 Å². The van der Waals surface area contributed by atoms with Gasteiger partial charge in [-0.25, -0.2) is 0 Å². The van der Waals surface area contributed by atoms with Crippen LogP contribution in [0.25, 0.3) is 5.70 Å². The number of aryl methyl sites for hydroxylation is 1. The third-order valence-corrected chi connectivity index (χ3v) is 4.45. The molecule has 0 fully saturated rings. The maximum absolute atomic E-state index is 5.55. The molecule has 0 bridgehead atoms. The Morgan fingerprint density at radius 1 is 1.04 bits per heavy atom. The van der Waals surface area contributed by atoms with Gasteiger partial charge in [0.25, 0.3) is 0 Å². The van der Waals surface area contributed by atoms with Crippen molar-refractivity contribution in [2.75, 3.05) is 19.5 Å². The third kappa shape index (κ3) is 2.77. The van der Waals surface area contributed by atoms with Crippen LogP contribution in [0, 0.1) is 6.92 Å². The van der Waals surface area contributed by atoms with Crippen molar-refractivity contribution in [2.45, 2.75) is 13.0 Å². The van der Waals surface area contributed by atoms with E-state index in [9.17, 15) is 0 Å². The number of fused-ring (bicyclic) bond motifs is 1. The number of rotatable bonds is 4. The Kier molecular flexibility index (Phi) is 4.04. The Morgan fingerprint density at radius 3 is 2.58 bits per heavy atom. The van der Waals surface area contributed by atoms with Gasteiger partial charge in [-0.1, -0.05) is 34.9 Å². The van der Waals surface area contributed by atoms with Gasteiger partial charge in [0.1, 0.15) is 17.5 Å². The molecule has 26 heavy (non-hydrogen) atoms. The largest absolute Gasteiger partial charge is 0.497 e. The Bertz CT molecular complexity index is 962. The number of allylic oxidation sites excluding steroid dienone is 1. The first-order valence-electron chi connectivity index (χ1n) is 8.25. The van der Waals surface area contributed by atoms with E-state index in [0.29, 0.717) is 11.7 Å². The summed E-state index contributed by atoms with van der Waals surface area (Å²) in [5.74, 6) is 2.04. The zero-order valence-electron chi connectivity index (χ0n) is 14.8. The monoisotopic (exact) mass is 349 g/mol. The first-order valence-corrected chi connectivity index (χ1v) is 8.25. The van der Waals surface area contributed by atoms with E-state index in [1.165, 1.54) is 5.56 Å². The molecule has 0 saturated carbocycles. The van der Waals surface area contributed by atoms with Crippen LogP contribution in [0.4, 0.5) is 5.95 Å². The van der Waals surface area contributed by atoms with Crippen molar-refractivity contribution in [3.63, 3.8) is 0 Å². The van der Waals surface area contributed by atoms with Crippen molar-refractivity contribution in [3.8, 4) is 11.5 Å². The highest BCUT2D eigenvalue weighted by Gasteiger charge is 2.25. The third-order valence-electron chi connectivity index (χ3n) is 4.45. The highest BCUT2D eigenvalue weighted by molar-refractivity contribution is 5.80. The van der Waals surface area contributed by atoms with Gasteiger partial charge < -0.3 is 14.8 Å². The average molecular weight is 349 g/mol. The molecule has 0 aliphatic carbocycles. The number of ether oxygens (including phenoxy) is 2. The lowest BCUT2D eigenvalue weighted by atomic mass is 10.0. The van der Waals surface area contributed by atoms with Crippen molar-refractivity contribution >= 4 is 11.6 Å². The molecule has 4 rings (SSSR count). The second-order valence-corrected chi connectivity index (χ2v) is 6.07. The minimum Gasteiger partial charge on any atom is -0.497 e. The Labute approximate surface area is 151 Å². The van der Waals surface area contributed by atoms with Crippen LogP contribution in [0.5, 0.6) is 11.5 Å². The summed E-state index contributed by atoms with van der Waals surface area (Å²) in [6.07, 6.45) is 2.10. The van der Waals surface area contributed by atoms with Gasteiger partial charge in [0.05, 0.1) is 19.9 Å². The molecule has 1 N–H and O–H groups in total. The van der Waals surface area contributed by atoms with Gasteiger partial charge in [0.2, 0.25) is 5.95 Å². The number of benzene rings is 2. The first-order chi connectivity index (χ1) is 12.7. The first kappa shape index (κ1) is 16.1. The lowest BCUT2D eigenvalue weighted by molar-refractivity contribution is 0.393.